The van der Waals surface area contributed by atoms with E-state index in [4.69, 9.17) is 0 Å². The number of hydrogen-bond acceptors (Lipinski definition) is 1. The fraction of sp³-hybridized carbons (Fsp3) is 0.148. The monoisotopic (exact) mass is 795 g/mol. The Labute approximate surface area is 366 Å². The minimum Gasteiger partial charge on any atom is -0.310 e. The lowest BCUT2D eigenvalue weighted by molar-refractivity contribution is 0.612. The second-order valence-corrected chi connectivity index (χ2v) is 18.8. The van der Waals surface area contributed by atoms with Crippen LogP contribution in [0.4, 0.5) is 17.1 Å². The molecule has 8 aromatic carbocycles. The van der Waals surface area contributed by atoms with Gasteiger partial charge in [-0.25, -0.2) is 0 Å². The van der Waals surface area contributed by atoms with Crippen molar-refractivity contribution in [3.05, 3.63) is 256 Å². The lowest BCUT2D eigenvalue weighted by Gasteiger charge is -2.35. The Morgan fingerprint density at radius 3 is 1.69 bits per heavy atom. The van der Waals surface area contributed by atoms with E-state index in [1.807, 2.05) is 0 Å². The van der Waals surface area contributed by atoms with Crippen molar-refractivity contribution < 1.29 is 0 Å². The van der Waals surface area contributed by atoms with Crippen LogP contribution in [0.5, 0.6) is 0 Å². The molecule has 1 atom stereocenters. The van der Waals surface area contributed by atoms with Gasteiger partial charge in [-0.15, -0.1) is 0 Å². The van der Waals surface area contributed by atoms with Gasteiger partial charge in [-0.2, -0.15) is 0 Å². The molecule has 0 saturated heterocycles. The molecular weight excluding hydrogens is 747 g/mol. The normalized spacial score (nSPS) is 17.5. The molecular formula is C61H49N. The minimum absolute atomic E-state index is 0.0722. The maximum atomic E-state index is 2.55. The van der Waals surface area contributed by atoms with Crippen LogP contribution < -0.4 is 4.90 Å². The number of allylic oxidation sites excluding steroid dienone is 4. The molecule has 4 aliphatic rings. The number of nitrogens with zero attached hydrogens (tertiary/aromatic N) is 1. The molecule has 0 amide bonds. The van der Waals surface area contributed by atoms with Gasteiger partial charge in [-0.3, -0.25) is 0 Å². The van der Waals surface area contributed by atoms with Crippen molar-refractivity contribution in [1.29, 1.82) is 0 Å². The molecule has 298 valence electrons. The average Bonchev–Trinajstić information content (AvgIpc) is 3.84. The highest BCUT2D eigenvalue weighted by Gasteiger charge is 2.48. The molecule has 0 N–H and O–H groups in total. The molecule has 12 rings (SSSR count). The SMILES string of the molecule is CC1(C)C2=CC=CCC2c2ccc(N(c3ccc4c(c3)C(C)(C)c3ccccc3-4)c3ccc4c(c3)C(c3ccccc3)(c3ccccc3)c3cccc(-c5ccccc5)c3-4)cc21. The zero-order valence-electron chi connectivity index (χ0n) is 35.9. The van der Waals surface area contributed by atoms with E-state index in [2.05, 4.69) is 239 Å². The summed E-state index contributed by atoms with van der Waals surface area (Å²) in [5.74, 6) is 0.432. The van der Waals surface area contributed by atoms with Gasteiger partial charge in [0.05, 0.1) is 5.41 Å². The molecule has 0 bridgehead atoms. The van der Waals surface area contributed by atoms with Gasteiger partial charge < -0.3 is 4.90 Å². The molecule has 0 spiro atoms. The lowest BCUT2D eigenvalue weighted by atomic mass is 9.67. The van der Waals surface area contributed by atoms with Crippen LogP contribution in [-0.2, 0) is 16.2 Å². The van der Waals surface area contributed by atoms with E-state index in [0.717, 1.165) is 12.1 Å². The molecule has 1 heteroatoms. The van der Waals surface area contributed by atoms with Crippen LogP contribution >= 0.6 is 0 Å². The van der Waals surface area contributed by atoms with Gasteiger partial charge in [0.2, 0.25) is 0 Å². The third-order valence-corrected chi connectivity index (χ3v) is 15.0. The van der Waals surface area contributed by atoms with Crippen LogP contribution in [0.1, 0.15) is 84.5 Å². The average molecular weight is 796 g/mol. The molecule has 0 aromatic heterocycles. The molecule has 0 aliphatic heterocycles. The van der Waals surface area contributed by atoms with E-state index in [1.165, 1.54) is 94.8 Å². The van der Waals surface area contributed by atoms with Gasteiger partial charge in [0.25, 0.3) is 0 Å². The van der Waals surface area contributed by atoms with Crippen molar-refractivity contribution in [2.24, 2.45) is 0 Å². The molecule has 0 saturated carbocycles. The highest BCUT2D eigenvalue weighted by molar-refractivity contribution is 5.97. The van der Waals surface area contributed by atoms with E-state index < -0.39 is 5.41 Å². The minimum atomic E-state index is -0.559. The van der Waals surface area contributed by atoms with Crippen molar-refractivity contribution in [1.82, 2.24) is 0 Å². The number of anilines is 3. The predicted octanol–water partition coefficient (Wildman–Crippen LogP) is 15.8. The molecule has 1 unspecified atom stereocenters. The third-order valence-electron chi connectivity index (χ3n) is 15.0. The Morgan fingerprint density at radius 2 is 0.984 bits per heavy atom. The fourth-order valence-corrected chi connectivity index (χ4v) is 12.1. The van der Waals surface area contributed by atoms with Gasteiger partial charge >= 0.3 is 0 Å². The van der Waals surface area contributed by atoms with Gasteiger partial charge in [-0.05, 0) is 121 Å². The predicted molar refractivity (Wildman–Crippen MR) is 259 cm³/mol. The van der Waals surface area contributed by atoms with E-state index >= 15 is 0 Å². The molecule has 1 nitrogen and oxygen atoms in total. The lowest BCUT2D eigenvalue weighted by Crippen LogP contribution is -2.28. The zero-order valence-corrected chi connectivity index (χ0v) is 35.9. The summed E-state index contributed by atoms with van der Waals surface area (Å²) in [6.07, 6.45) is 8.03. The molecule has 4 aliphatic carbocycles. The number of benzene rings is 8. The first-order chi connectivity index (χ1) is 30.3. The summed E-state index contributed by atoms with van der Waals surface area (Å²) in [4.78, 5) is 2.55. The first-order valence-corrected chi connectivity index (χ1v) is 22.3. The summed E-state index contributed by atoms with van der Waals surface area (Å²) < 4.78 is 0. The van der Waals surface area contributed by atoms with Crippen molar-refractivity contribution in [3.8, 4) is 33.4 Å². The second kappa shape index (κ2) is 13.5. The standard InChI is InChI=1S/C61H49N/c1-59(2)52-28-16-14-25-47(52)49-34-31-43(37-55(49)59)62(44-32-35-50-48-26-15-17-29-53(48)60(3,4)56(50)38-44)45-33-36-51-57(39-45)61(41-21-10-6-11-22-41,42-23-12-7-13-24-42)54-30-18-27-46(58(51)54)40-19-8-5-9-20-40/h5-25,27-39,48H,26H2,1-4H3. The van der Waals surface area contributed by atoms with Crippen LogP contribution in [-0.4, -0.2) is 0 Å². The molecule has 8 aromatic rings. The van der Waals surface area contributed by atoms with Crippen LogP contribution in [0.3, 0.4) is 0 Å². The van der Waals surface area contributed by atoms with E-state index in [0.29, 0.717) is 5.92 Å². The van der Waals surface area contributed by atoms with Gasteiger partial charge in [0.1, 0.15) is 0 Å². The highest BCUT2D eigenvalue weighted by atomic mass is 15.1. The Bertz CT molecular complexity index is 3110. The van der Waals surface area contributed by atoms with E-state index in [9.17, 15) is 0 Å². The first kappa shape index (κ1) is 36.9. The number of rotatable bonds is 6. The van der Waals surface area contributed by atoms with Gasteiger partial charge in [0.15, 0.2) is 0 Å². The third kappa shape index (κ3) is 5.09. The quantitative estimate of drug-likeness (QED) is 0.162. The van der Waals surface area contributed by atoms with Crippen molar-refractivity contribution in [2.75, 3.05) is 4.90 Å². The number of hydrogen-bond donors (Lipinski definition) is 0. The van der Waals surface area contributed by atoms with Crippen LogP contribution in [0, 0.1) is 0 Å². The number of fused-ring (bicyclic) bond motifs is 9. The van der Waals surface area contributed by atoms with Crippen LogP contribution in [0.15, 0.2) is 212 Å². The zero-order chi connectivity index (χ0) is 41.8. The Hall–Kier alpha value is -6.96. The Morgan fingerprint density at radius 1 is 0.435 bits per heavy atom. The van der Waals surface area contributed by atoms with Crippen LogP contribution in [0.2, 0.25) is 0 Å². The summed E-state index contributed by atoms with van der Waals surface area (Å²) in [6.45, 7) is 9.62. The summed E-state index contributed by atoms with van der Waals surface area (Å²) in [5, 5.41) is 0. The molecule has 62 heavy (non-hydrogen) atoms. The van der Waals surface area contributed by atoms with Crippen LogP contribution in [0.25, 0.3) is 33.4 Å². The van der Waals surface area contributed by atoms with Gasteiger partial charge in [-0.1, -0.05) is 203 Å². The van der Waals surface area contributed by atoms with Gasteiger partial charge in [0, 0.05) is 33.8 Å². The van der Waals surface area contributed by atoms with E-state index in [-0.39, 0.29) is 10.8 Å². The highest BCUT2D eigenvalue weighted by Crippen LogP contribution is 2.60. The topological polar surface area (TPSA) is 3.24 Å². The summed E-state index contributed by atoms with van der Waals surface area (Å²) in [5.41, 5.74) is 22.8. The maximum Gasteiger partial charge on any atom is 0.0714 e. The van der Waals surface area contributed by atoms with E-state index in [1.54, 1.807) is 0 Å². The maximum absolute atomic E-state index is 2.55. The second-order valence-electron chi connectivity index (χ2n) is 18.8. The summed E-state index contributed by atoms with van der Waals surface area (Å²) in [6, 6.07) is 71.2. The largest absolute Gasteiger partial charge is 0.310 e. The molecule has 0 fully saturated rings. The van der Waals surface area contributed by atoms with Crippen molar-refractivity contribution in [3.63, 3.8) is 0 Å². The van der Waals surface area contributed by atoms with Crippen molar-refractivity contribution in [2.45, 2.75) is 56.3 Å². The smallest absolute Gasteiger partial charge is 0.0714 e. The summed E-state index contributed by atoms with van der Waals surface area (Å²) in [7, 11) is 0. The summed E-state index contributed by atoms with van der Waals surface area (Å²) >= 11 is 0. The Balaban J connectivity index is 1.14. The van der Waals surface area contributed by atoms with Crippen molar-refractivity contribution >= 4 is 17.1 Å². The molecule has 0 radical (unpaired) electrons. The fourth-order valence-electron chi connectivity index (χ4n) is 12.1. The first-order valence-electron chi connectivity index (χ1n) is 22.3. The Kier molecular flexibility index (Phi) is 8.04. The molecule has 0 heterocycles.